The van der Waals surface area contributed by atoms with Crippen molar-refractivity contribution in [3.8, 4) is 0 Å². The maximum atomic E-state index is 11.7. The number of rotatable bonds is 22. The summed E-state index contributed by atoms with van der Waals surface area (Å²) < 4.78 is 33.3. The van der Waals surface area contributed by atoms with Crippen LogP contribution in [0.25, 0.3) is 0 Å². The monoisotopic (exact) mass is 434 g/mol. The summed E-state index contributed by atoms with van der Waals surface area (Å²) in [6, 6.07) is 0. The summed E-state index contributed by atoms with van der Waals surface area (Å²) in [4.78, 5) is 0. The topological polar surface area (TPSA) is 52.6 Å². The molecule has 0 aliphatic heterocycles. The molecule has 0 unspecified atom stereocenters. The second-order valence-electron chi connectivity index (χ2n) is 9.37. The Hall–Kier alpha value is -0.130. The van der Waals surface area contributed by atoms with Crippen LogP contribution in [0.2, 0.25) is 0 Å². The molecule has 0 radical (unpaired) electrons. The lowest BCUT2D eigenvalue weighted by Gasteiger charge is -2.07. The largest absolute Gasteiger partial charge is 0.399 e. The van der Waals surface area contributed by atoms with Crippen LogP contribution < -0.4 is 0 Å². The quantitative estimate of drug-likeness (QED) is 0.163. The van der Waals surface area contributed by atoms with Gasteiger partial charge in [-0.25, -0.2) is 8.37 Å². The van der Waals surface area contributed by atoms with Crippen molar-refractivity contribution in [2.45, 2.75) is 130 Å². The van der Waals surface area contributed by atoms with Crippen LogP contribution in [0.4, 0.5) is 0 Å². The fourth-order valence-corrected chi connectivity index (χ4v) is 4.15. The summed E-state index contributed by atoms with van der Waals surface area (Å²) in [5.74, 6) is 1.61. The van der Waals surface area contributed by atoms with Crippen molar-refractivity contribution in [2.75, 3.05) is 13.2 Å². The molecule has 0 spiro atoms. The van der Waals surface area contributed by atoms with Crippen LogP contribution in [0.1, 0.15) is 130 Å². The minimum atomic E-state index is -3.81. The first kappa shape index (κ1) is 28.9. The first-order chi connectivity index (χ1) is 13.8. The van der Waals surface area contributed by atoms with Gasteiger partial charge in [0.15, 0.2) is 0 Å². The molecule has 0 aliphatic rings. The highest BCUT2D eigenvalue weighted by atomic mass is 32.3. The molecule has 0 aliphatic carbocycles. The first-order valence-corrected chi connectivity index (χ1v) is 13.7. The molecule has 0 N–H and O–H groups in total. The molecule has 4 nitrogen and oxygen atoms in total. The number of unbranched alkanes of at least 4 members (excludes halogenated alkanes) is 12. The van der Waals surface area contributed by atoms with Gasteiger partial charge in [0.1, 0.15) is 0 Å². The van der Waals surface area contributed by atoms with Crippen molar-refractivity contribution in [3.05, 3.63) is 0 Å². The van der Waals surface area contributed by atoms with Gasteiger partial charge in [0.05, 0.1) is 13.2 Å². The lowest BCUT2D eigenvalue weighted by atomic mass is 10.0. The molecule has 0 atom stereocenters. The molecule has 0 rings (SSSR count). The Morgan fingerprint density at radius 2 is 0.759 bits per heavy atom. The molecule has 0 aromatic heterocycles. The van der Waals surface area contributed by atoms with E-state index in [4.69, 9.17) is 8.37 Å². The van der Waals surface area contributed by atoms with Gasteiger partial charge >= 0.3 is 10.4 Å². The zero-order valence-corrected chi connectivity index (χ0v) is 20.7. The fourth-order valence-electron chi connectivity index (χ4n) is 3.43. The molecule has 0 aromatic rings. The highest BCUT2D eigenvalue weighted by molar-refractivity contribution is 7.81. The minimum Gasteiger partial charge on any atom is -0.248 e. The van der Waals surface area contributed by atoms with Crippen LogP contribution in [0.5, 0.6) is 0 Å². The van der Waals surface area contributed by atoms with Crippen LogP contribution in [-0.2, 0) is 18.8 Å². The maximum Gasteiger partial charge on any atom is 0.399 e. The van der Waals surface area contributed by atoms with Gasteiger partial charge in [-0.1, -0.05) is 118 Å². The summed E-state index contributed by atoms with van der Waals surface area (Å²) in [5, 5.41) is 0. The van der Waals surface area contributed by atoms with Crippen molar-refractivity contribution in [2.24, 2.45) is 11.8 Å². The van der Waals surface area contributed by atoms with E-state index in [0.29, 0.717) is 0 Å². The molecule has 29 heavy (non-hydrogen) atoms. The lowest BCUT2D eigenvalue weighted by Crippen LogP contribution is -2.12. The van der Waals surface area contributed by atoms with Crippen LogP contribution in [-0.4, -0.2) is 21.6 Å². The van der Waals surface area contributed by atoms with Crippen LogP contribution >= 0.6 is 0 Å². The van der Waals surface area contributed by atoms with E-state index in [-0.39, 0.29) is 13.2 Å². The van der Waals surface area contributed by atoms with E-state index in [1.165, 1.54) is 64.2 Å². The molecule has 0 fully saturated rings. The Morgan fingerprint density at radius 3 is 1.07 bits per heavy atom. The van der Waals surface area contributed by atoms with Crippen LogP contribution in [0.3, 0.4) is 0 Å². The van der Waals surface area contributed by atoms with E-state index in [0.717, 1.165) is 50.4 Å². The molecule has 0 heterocycles. The molecular formula is C24H50O4S. The van der Waals surface area contributed by atoms with Gasteiger partial charge in [-0.15, -0.1) is 0 Å². The molecule has 5 heteroatoms. The van der Waals surface area contributed by atoms with Crippen molar-refractivity contribution in [3.63, 3.8) is 0 Å². The zero-order valence-electron chi connectivity index (χ0n) is 19.9. The Morgan fingerprint density at radius 1 is 0.483 bits per heavy atom. The molecule has 0 aromatic carbocycles. The highest BCUT2D eigenvalue weighted by Crippen LogP contribution is 2.13. The normalized spacial score (nSPS) is 12.3. The van der Waals surface area contributed by atoms with Gasteiger partial charge in [-0.05, 0) is 24.7 Å². The third kappa shape index (κ3) is 24.0. The van der Waals surface area contributed by atoms with E-state index < -0.39 is 10.4 Å². The van der Waals surface area contributed by atoms with Crippen LogP contribution in [0.15, 0.2) is 0 Å². The number of hydrogen-bond donors (Lipinski definition) is 0. The lowest BCUT2D eigenvalue weighted by molar-refractivity contribution is 0.208. The summed E-state index contributed by atoms with van der Waals surface area (Å²) in [7, 11) is -3.81. The van der Waals surface area contributed by atoms with E-state index in [1.54, 1.807) is 0 Å². The van der Waals surface area contributed by atoms with E-state index in [2.05, 4.69) is 27.7 Å². The van der Waals surface area contributed by atoms with Gasteiger partial charge in [-0.2, -0.15) is 8.42 Å². The Balaban J connectivity index is 3.36. The predicted molar refractivity (Wildman–Crippen MR) is 124 cm³/mol. The standard InChI is InChI=1S/C24H50O4S/c1-23(2)19-15-11-7-5-9-13-17-21-27-29(25,26)28-22-18-14-10-6-8-12-16-20-24(3)4/h23-24H,5-22H2,1-4H3. The SMILES string of the molecule is CC(C)CCCCCCCCCOS(=O)(=O)OCCCCCCCCCC(C)C. The molecule has 0 saturated carbocycles. The summed E-state index contributed by atoms with van der Waals surface area (Å²) in [5.41, 5.74) is 0. The average molecular weight is 435 g/mol. The first-order valence-electron chi connectivity index (χ1n) is 12.4. The van der Waals surface area contributed by atoms with E-state index in [1.807, 2.05) is 0 Å². The Bertz CT molecular complexity index is 398. The maximum absolute atomic E-state index is 11.7. The summed E-state index contributed by atoms with van der Waals surface area (Å²) in [6.45, 7) is 9.57. The van der Waals surface area contributed by atoms with Crippen molar-refractivity contribution in [1.29, 1.82) is 0 Å². The van der Waals surface area contributed by atoms with Crippen LogP contribution in [0, 0.1) is 11.8 Å². The molecule has 0 amide bonds. The van der Waals surface area contributed by atoms with Crippen molar-refractivity contribution in [1.82, 2.24) is 0 Å². The smallest absolute Gasteiger partial charge is 0.248 e. The van der Waals surface area contributed by atoms with Crippen molar-refractivity contribution < 1.29 is 16.8 Å². The van der Waals surface area contributed by atoms with Gasteiger partial charge in [-0.3, -0.25) is 0 Å². The van der Waals surface area contributed by atoms with Gasteiger partial charge in [0.25, 0.3) is 0 Å². The fraction of sp³-hybridized carbons (Fsp3) is 1.00. The molecule has 0 bridgehead atoms. The minimum absolute atomic E-state index is 0.242. The van der Waals surface area contributed by atoms with E-state index in [9.17, 15) is 8.42 Å². The molecule has 176 valence electrons. The van der Waals surface area contributed by atoms with Gasteiger partial charge in [0, 0.05) is 0 Å². The Labute approximate surface area is 182 Å². The van der Waals surface area contributed by atoms with Gasteiger partial charge < -0.3 is 0 Å². The van der Waals surface area contributed by atoms with Gasteiger partial charge in [0.2, 0.25) is 0 Å². The molecule has 0 saturated heterocycles. The third-order valence-electron chi connectivity index (χ3n) is 5.31. The van der Waals surface area contributed by atoms with E-state index >= 15 is 0 Å². The second-order valence-corrected chi connectivity index (χ2v) is 10.7. The zero-order chi connectivity index (χ0) is 21.8. The average Bonchev–Trinajstić information content (AvgIpc) is 2.64. The summed E-state index contributed by atoms with van der Waals surface area (Å²) in [6.07, 6.45) is 18.9. The second kappa shape index (κ2) is 19.8. The Kier molecular flexibility index (Phi) is 19.7. The van der Waals surface area contributed by atoms with Crippen molar-refractivity contribution >= 4 is 10.4 Å². The summed E-state index contributed by atoms with van der Waals surface area (Å²) >= 11 is 0. The number of hydrogen-bond acceptors (Lipinski definition) is 4. The predicted octanol–water partition coefficient (Wildman–Crippen LogP) is 7.82. The highest BCUT2D eigenvalue weighted by Gasteiger charge is 2.11. The third-order valence-corrected chi connectivity index (χ3v) is 6.22. The molecular weight excluding hydrogens is 384 g/mol.